The molecule has 5 amide bonds. The molecular formula is C48H57F5N8O7S. The molecule has 2 aliphatic heterocycles. The lowest BCUT2D eigenvalue weighted by atomic mass is 9.93. The Labute approximate surface area is 396 Å². The average Bonchev–Trinajstić information content (AvgIpc) is 4.16. The van der Waals surface area contributed by atoms with Crippen molar-refractivity contribution in [3.05, 3.63) is 102 Å². The summed E-state index contributed by atoms with van der Waals surface area (Å²) in [5.74, 6) is -1.09. The first-order valence-electron chi connectivity index (χ1n) is 22.7. The van der Waals surface area contributed by atoms with Gasteiger partial charge in [0.25, 0.3) is 0 Å². The molecule has 5 atom stereocenters. The van der Waals surface area contributed by atoms with E-state index in [1.807, 2.05) is 32.1 Å². The second kappa shape index (κ2) is 19.0. The van der Waals surface area contributed by atoms with E-state index in [1.165, 1.54) is 19.1 Å². The molecule has 372 valence electrons. The van der Waals surface area contributed by atoms with Crippen molar-refractivity contribution in [2.75, 3.05) is 32.6 Å². The zero-order chi connectivity index (χ0) is 50.1. The lowest BCUT2D eigenvalue weighted by molar-refractivity contribution is -0.139. The van der Waals surface area contributed by atoms with Gasteiger partial charge in [-0.2, -0.15) is 0 Å². The molecule has 3 aliphatic rings. The lowest BCUT2D eigenvalue weighted by Gasteiger charge is -2.40. The summed E-state index contributed by atoms with van der Waals surface area (Å²) < 4.78 is 80.4. The third-order valence-electron chi connectivity index (χ3n) is 12.8. The van der Waals surface area contributed by atoms with Gasteiger partial charge in [-0.25, -0.2) is 14.6 Å². The number of benzene rings is 2. The zero-order valence-corrected chi connectivity index (χ0v) is 39.8. The van der Waals surface area contributed by atoms with Gasteiger partial charge < -0.3 is 44.8 Å². The Hall–Kier alpha value is -6.64. The summed E-state index contributed by atoms with van der Waals surface area (Å²) in [6, 6.07) is 10.2. The maximum atomic E-state index is 13.8. The van der Waals surface area contributed by atoms with Crippen molar-refractivity contribution in [3.63, 3.8) is 0 Å². The highest BCUT2D eigenvalue weighted by atomic mass is 32.5. The number of allylic oxidation sites excluding steroid dienone is 4. The summed E-state index contributed by atoms with van der Waals surface area (Å²) >= 11 is 0. The van der Waals surface area contributed by atoms with Crippen LogP contribution in [0.5, 0.6) is 0 Å². The van der Waals surface area contributed by atoms with Crippen LogP contribution >= 0.6 is 10.2 Å². The van der Waals surface area contributed by atoms with Gasteiger partial charge in [0, 0.05) is 42.3 Å². The van der Waals surface area contributed by atoms with Gasteiger partial charge in [0.2, 0.25) is 17.7 Å². The predicted molar refractivity (Wildman–Crippen MR) is 251 cm³/mol. The fourth-order valence-corrected chi connectivity index (χ4v) is 9.74. The molecule has 0 bridgehead atoms. The molecule has 0 saturated carbocycles. The molecule has 4 N–H and O–H groups in total. The van der Waals surface area contributed by atoms with E-state index in [4.69, 9.17) is 9.47 Å². The number of imidazole rings is 1. The topological polar surface area (TPSA) is 180 Å². The SMILES string of the molecule is COC(=O)N[C@H](C(=O)N1CCC[C@H]1C(=O)Nc1ccc(-c2ccc(C3=CCC(c4cnc([C@@H]5CCCN5C(=O)[C@@H](NC(=O)OC)C(C)C)[nH]4)C=C3)n2-c2ccc(S(F)(F)(F)(F)F)cc2)cc1)C(C)C. The van der Waals surface area contributed by atoms with Crippen molar-refractivity contribution in [2.45, 2.75) is 94.8 Å². The number of aromatic nitrogens is 3. The molecule has 4 heterocycles. The number of H-pyrrole nitrogens is 1. The Kier molecular flexibility index (Phi) is 13.9. The number of nitrogens with zero attached hydrogens (tertiary/aromatic N) is 4. The van der Waals surface area contributed by atoms with Gasteiger partial charge in [0.05, 0.1) is 31.6 Å². The van der Waals surface area contributed by atoms with E-state index in [0.29, 0.717) is 84.9 Å². The Morgan fingerprint density at radius 3 is 1.90 bits per heavy atom. The first-order chi connectivity index (χ1) is 32.5. The highest BCUT2D eigenvalue weighted by Crippen LogP contribution is 3.02. The van der Waals surface area contributed by atoms with Gasteiger partial charge in [-0.15, -0.1) is 0 Å². The smallest absolute Gasteiger partial charge is 0.407 e. The first-order valence-corrected chi connectivity index (χ1v) is 24.6. The number of carbonyl (C=O) groups excluding carboxylic acids is 5. The molecule has 4 aromatic rings. The molecule has 2 aromatic carbocycles. The van der Waals surface area contributed by atoms with Gasteiger partial charge in [0.1, 0.15) is 28.8 Å². The largest absolute Gasteiger partial charge is 0.453 e. The molecule has 1 unspecified atom stereocenters. The molecule has 1 aliphatic carbocycles. The van der Waals surface area contributed by atoms with Crippen molar-refractivity contribution in [1.29, 1.82) is 0 Å². The molecule has 2 saturated heterocycles. The number of hydrogen-bond donors (Lipinski definition) is 4. The maximum Gasteiger partial charge on any atom is 0.407 e. The standard InChI is InChI=1S/C48H57F5N8O7S/c1-28(2)41(57-47(65)67-5)45(63)59-25-7-9-39(59)43-54-27-36(56-43)30-11-13-31(14-12-30)37-23-24-38(61(37)34-19-21-35(22-20-34)69(49,50,51,52)53)32-15-17-33(18-16-32)55-44(62)40-10-8-26-60(40)46(64)42(29(3)4)58-48(66)68-6/h11,13-24,27-30,39-42H,7-10,12,25-26H2,1-6H3,(H,54,56)(H,55,62)(H,57,65)(H,58,66)/t30?,39-,40-,41-,42-/m0/s1. The predicted octanol–water partition coefficient (Wildman–Crippen LogP) is 10.0. The van der Waals surface area contributed by atoms with E-state index < -0.39 is 57.2 Å². The van der Waals surface area contributed by atoms with Crippen molar-refractivity contribution < 1.29 is 52.9 Å². The Morgan fingerprint density at radius 2 is 1.33 bits per heavy atom. The van der Waals surface area contributed by atoms with E-state index in [2.05, 4.69) is 25.9 Å². The maximum absolute atomic E-state index is 13.8. The van der Waals surface area contributed by atoms with Crippen molar-refractivity contribution in [1.82, 2.24) is 35.0 Å². The second-order valence-electron chi connectivity index (χ2n) is 18.1. The van der Waals surface area contributed by atoms with Crippen molar-refractivity contribution >= 4 is 51.4 Å². The van der Waals surface area contributed by atoms with E-state index in [1.54, 1.807) is 65.9 Å². The number of ether oxygens (including phenoxy) is 2. The van der Waals surface area contributed by atoms with E-state index in [-0.39, 0.29) is 35.4 Å². The van der Waals surface area contributed by atoms with Gasteiger partial charge in [-0.3, -0.25) is 14.4 Å². The molecule has 21 heteroatoms. The molecule has 2 aromatic heterocycles. The minimum Gasteiger partial charge on any atom is -0.453 e. The Bertz CT molecular complexity index is 2650. The Morgan fingerprint density at radius 1 is 0.754 bits per heavy atom. The number of nitrogens with one attached hydrogen (secondary N) is 4. The fourth-order valence-electron chi connectivity index (χ4n) is 9.09. The van der Waals surface area contributed by atoms with Crippen LogP contribution in [0.15, 0.2) is 90.0 Å². The number of amides is 5. The Balaban J connectivity index is 1.11. The van der Waals surface area contributed by atoms with Crippen LogP contribution in [0.25, 0.3) is 22.5 Å². The van der Waals surface area contributed by atoms with Crippen LogP contribution in [-0.2, 0) is 23.9 Å². The van der Waals surface area contributed by atoms with Gasteiger partial charge in [-0.05, 0) is 104 Å². The van der Waals surface area contributed by atoms with Crippen LogP contribution in [0.3, 0.4) is 0 Å². The number of hydrogen-bond acceptors (Lipinski definition) is 8. The molecule has 0 radical (unpaired) electrons. The quantitative estimate of drug-likeness (QED) is 0.0902. The number of methoxy groups -OCH3 is 2. The first kappa shape index (κ1) is 50.2. The zero-order valence-electron chi connectivity index (χ0n) is 39.0. The molecule has 15 nitrogen and oxygen atoms in total. The van der Waals surface area contributed by atoms with Gasteiger partial charge in [-0.1, -0.05) is 77.5 Å². The molecule has 7 rings (SSSR count). The molecule has 69 heavy (non-hydrogen) atoms. The third kappa shape index (κ3) is 11.1. The molecule has 0 spiro atoms. The summed E-state index contributed by atoms with van der Waals surface area (Å²) in [6.45, 7) is 8.04. The number of halogens is 5. The summed E-state index contributed by atoms with van der Waals surface area (Å²) in [5, 5.41) is 8.08. The highest BCUT2D eigenvalue weighted by molar-refractivity contribution is 8.45. The number of aromatic amines is 1. The van der Waals surface area contributed by atoms with Crippen LogP contribution in [0, 0.1) is 11.8 Å². The number of likely N-dealkylation sites (tertiary alicyclic amines) is 2. The highest BCUT2D eigenvalue weighted by Gasteiger charge is 2.65. The number of carbonyl (C=O) groups is 5. The van der Waals surface area contributed by atoms with Gasteiger partial charge >= 0.3 is 22.4 Å². The number of alkyl carbamates (subject to hydrolysis) is 2. The molecular weight excluding hydrogens is 928 g/mol. The van der Waals surface area contributed by atoms with Crippen LogP contribution in [0.1, 0.15) is 89.0 Å². The van der Waals surface area contributed by atoms with Gasteiger partial charge in [0.15, 0.2) is 0 Å². The van der Waals surface area contributed by atoms with E-state index in [0.717, 1.165) is 24.2 Å². The minimum absolute atomic E-state index is 0.157. The van der Waals surface area contributed by atoms with Crippen LogP contribution < -0.4 is 16.0 Å². The van der Waals surface area contributed by atoms with E-state index >= 15 is 0 Å². The normalized spacial score (nSPS) is 20.2. The lowest BCUT2D eigenvalue weighted by Crippen LogP contribution is -2.54. The van der Waals surface area contributed by atoms with Crippen LogP contribution in [0.2, 0.25) is 0 Å². The minimum atomic E-state index is -9.98. The van der Waals surface area contributed by atoms with Crippen LogP contribution in [0.4, 0.5) is 34.7 Å². The van der Waals surface area contributed by atoms with Crippen LogP contribution in [-0.4, -0.2) is 99.7 Å². The van der Waals surface area contributed by atoms with Crippen molar-refractivity contribution in [3.8, 4) is 16.9 Å². The monoisotopic (exact) mass is 984 g/mol. The number of anilines is 1. The van der Waals surface area contributed by atoms with E-state index in [9.17, 15) is 43.4 Å². The number of rotatable bonds is 14. The van der Waals surface area contributed by atoms with Crippen molar-refractivity contribution in [2.24, 2.45) is 11.8 Å². The summed E-state index contributed by atoms with van der Waals surface area (Å²) in [5.41, 5.74) is 3.76. The second-order valence-corrected chi connectivity index (χ2v) is 20.6. The summed E-state index contributed by atoms with van der Waals surface area (Å²) in [7, 11) is -7.55. The molecule has 2 fully saturated rings. The third-order valence-corrected chi connectivity index (χ3v) is 13.9. The summed E-state index contributed by atoms with van der Waals surface area (Å²) in [6.07, 6.45) is 8.95. The fraction of sp³-hybridized carbons (Fsp3) is 0.417. The average molecular weight is 985 g/mol. The summed E-state index contributed by atoms with van der Waals surface area (Å²) in [4.78, 5) is 74.1.